The molecule has 2 rings (SSSR count). The summed E-state index contributed by atoms with van der Waals surface area (Å²) >= 11 is 0. The van der Waals surface area contributed by atoms with Gasteiger partial charge in [-0.15, -0.1) is 0 Å². The number of rotatable bonds is 9. The minimum absolute atomic E-state index is 0.364. The van der Waals surface area contributed by atoms with Gasteiger partial charge in [-0.25, -0.2) is 0 Å². The van der Waals surface area contributed by atoms with Crippen LogP contribution in [-0.4, -0.2) is 37.7 Å². The predicted octanol–water partition coefficient (Wildman–Crippen LogP) is 3.83. The van der Waals surface area contributed by atoms with Crippen molar-refractivity contribution < 1.29 is 23.2 Å². The Balaban J connectivity index is 2.86. The predicted molar refractivity (Wildman–Crippen MR) is 105 cm³/mol. The molecule has 0 spiro atoms. The molecule has 0 fully saturated rings. The van der Waals surface area contributed by atoms with E-state index in [1.165, 1.54) is 0 Å². The normalized spacial score (nSPS) is 13.0. The first-order chi connectivity index (χ1) is 12.3. The minimum atomic E-state index is -4.39. The van der Waals surface area contributed by atoms with Gasteiger partial charge in [0.15, 0.2) is 0 Å². The maximum Gasteiger partial charge on any atom is 0.351 e. The van der Waals surface area contributed by atoms with Crippen molar-refractivity contribution in [2.45, 2.75) is 25.4 Å². The number of benzene rings is 2. The molecule has 0 aliphatic rings. The second-order valence-corrected chi connectivity index (χ2v) is 11.2. The first kappa shape index (κ1) is 21.0. The second kappa shape index (κ2) is 8.61. The first-order valence-corrected chi connectivity index (χ1v) is 12.8. The van der Waals surface area contributed by atoms with Crippen molar-refractivity contribution >= 4 is 16.2 Å². The van der Waals surface area contributed by atoms with Crippen LogP contribution in [0.4, 0.5) is 0 Å². The lowest BCUT2D eigenvalue weighted by Gasteiger charge is -2.46. The van der Waals surface area contributed by atoms with Crippen molar-refractivity contribution in [2.24, 2.45) is 0 Å². The van der Waals surface area contributed by atoms with E-state index in [1.54, 1.807) is 0 Å². The third kappa shape index (κ3) is 4.34. The van der Waals surface area contributed by atoms with Crippen LogP contribution in [0.5, 0.6) is 0 Å². The summed E-state index contributed by atoms with van der Waals surface area (Å²) in [5, 5.41) is -1.04. The van der Waals surface area contributed by atoms with Crippen LogP contribution in [0.1, 0.15) is 25.0 Å². The molecule has 0 unspecified atom stereocenters. The van der Waals surface area contributed by atoms with E-state index in [0.29, 0.717) is 13.2 Å². The van der Waals surface area contributed by atoms with Crippen molar-refractivity contribution in [3.63, 3.8) is 0 Å². The Labute approximate surface area is 156 Å². The SMILES string of the molecule is CCO[Si](C)(OCC)C(CP(=O)(O)O)(c1ccccc1)c1ccccc1. The Bertz CT molecular complexity index is 687. The Morgan fingerprint density at radius 3 is 1.58 bits per heavy atom. The molecule has 7 heteroatoms. The van der Waals surface area contributed by atoms with E-state index in [-0.39, 0.29) is 6.16 Å². The molecule has 0 atom stereocenters. The van der Waals surface area contributed by atoms with Crippen LogP contribution in [0.3, 0.4) is 0 Å². The van der Waals surface area contributed by atoms with Gasteiger partial charge in [-0.2, -0.15) is 0 Å². The molecule has 5 nitrogen and oxygen atoms in total. The molecule has 0 amide bonds. The van der Waals surface area contributed by atoms with Crippen LogP contribution in [0.2, 0.25) is 6.55 Å². The first-order valence-electron chi connectivity index (χ1n) is 8.72. The highest BCUT2D eigenvalue weighted by Gasteiger charge is 2.59. The second-order valence-electron chi connectivity index (χ2n) is 6.27. The molecule has 0 radical (unpaired) electrons. The third-order valence-corrected chi connectivity index (χ3v) is 9.76. The topological polar surface area (TPSA) is 76.0 Å². The molecule has 0 heterocycles. The molecule has 2 aromatic rings. The van der Waals surface area contributed by atoms with E-state index >= 15 is 0 Å². The standard InChI is InChI=1S/C19H27O5PSi/c1-4-23-26(3,24-5-2)19(16-25(20,21)22,17-12-8-6-9-13-17)18-14-10-7-11-15-18/h6-15H,4-5,16H2,1-3H3,(H2,20,21,22). The van der Waals surface area contributed by atoms with Crippen LogP contribution in [0.15, 0.2) is 60.7 Å². The van der Waals surface area contributed by atoms with Crippen LogP contribution >= 0.6 is 7.60 Å². The average molecular weight is 394 g/mol. The summed E-state index contributed by atoms with van der Waals surface area (Å²) < 4.78 is 24.6. The van der Waals surface area contributed by atoms with E-state index in [9.17, 15) is 14.4 Å². The van der Waals surface area contributed by atoms with Crippen LogP contribution in [0.25, 0.3) is 0 Å². The van der Waals surface area contributed by atoms with Crippen molar-refractivity contribution in [1.29, 1.82) is 0 Å². The third-order valence-electron chi connectivity index (χ3n) is 4.59. The monoisotopic (exact) mass is 394 g/mol. The van der Waals surface area contributed by atoms with E-state index < -0.39 is 21.2 Å². The lowest BCUT2D eigenvalue weighted by Crippen LogP contribution is -2.61. The van der Waals surface area contributed by atoms with Crippen LogP contribution in [0, 0.1) is 0 Å². The summed E-state index contributed by atoms with van der Waals surface area (Å²) in [6.45, 7) is 6.47. The number of hydrogen-bond acceptors (Lipinski definition) is 3. The molecule has 0 bridgehead atoms. The average Bonchev–Trinajstić information content (AvgIpc) is 2.61. The van der Waals surface area contributed by atoms with Gasteiger partial charge in [0.25, 0.3) is 0 Å². The molecule has 2 N–H and O–H groups in total. The van der Waals surface area contributed by atoms with Crippen LogP contribution in [-0.2, 0) is 18.5 Å². The van der Waals surface area contributed by atoms with Crippen molar-refractivity contribution in [1.82, 2.24) is 0 Å². The fourth-order valence-corrected chi connectivity index (χ4v) is 9.42. The highest BCUT2D eigenvalue weighted by Crippen LogP contribution is 2.51. The zero-order valence-corrected chi connectivity index (χ0v) is 17.4. The summed E-state index contributed by atoms with van der Waals surface area (Å²) in [7, 11) is -7.50. The molecular formula is C19H27O5PSi. The molecule has 26 heavy (non-hydrogen) atoms. The molecule has 0 saturated carbocycles. The fourth-order valence-electron chi connectivity index (χ4n) is 3.61. The zero-order valence-electron chi connectivity index (χ0n) is 15.5. The molecular weight excluding hydrogens is 367 g/mol. The summed E-state index contributed by atoms with van der Waals surface area (Å²) in [4.78, 5) is 20.0. The van der Waals surface area contributed by atoms with Crippen molar-refractivity contribution in [3.8, 4) is 0 Å². The summed E-state index contributed by atoms with van der Waals surface area (Å²) in [5.74, 6) is 0. The molecule has 0 aliphatic heterocycles. The summed E-state index contributed by atoms with van der Waals surface area (Å²) in [6.07, 6.45) is -0.364. The van der Waals surface area contributed by atoms with Crippen LogP contribution < -0.4 is 0 Å². The highest BCUT2D eigenvalue weighted by atomic mass is 31.2. The van der Waals surface area contributed by atoms with Crippen molar-refractivity contribution in [2.75, 3.05) is 19.4 Å². The van der Waals surface area contributed by atoms with Gasteiger partial charge in [0, 0.05) is 13.2 Å². The van der Waals surface area contributed by atoms with Gasteiger partial charge in [0.05, 0.1) is 11.2 Å². The smallest absolute Gasteiger partial charge is 0.351 e. The van der Waals surface area contributed by atoms with E-state index in [4.69, 9.17) is 8.85 Å². The molecule has 0 saturated heterocycles. The number of hydrogen-bond donors (Lipinski definition) is 2. The maximum absolute atomic E-state index is 12.3. The summed E-state index contributed by atoms with van der Waals surface area (Å²) in [5.41, 5.74) is 1.59. The van der Waals surface area contributed by atoms with Crippen molar-refractivity contribution in [3.05, 3.63) is 71.8 Å². The molecule has 2 aromatic carbocycles. The molecule has 0 aromatic heterocycles. The van der Waals surface area contributed by atoms with Gasteiger partial charge < -0.3 is 18.6 Å². The Kier molecular flexibility index (Phi) is 6.97. The van der Waals surface area contributed by atoms with E-state index in [2.05, 4.69) is 0 Å². The Hall–Kier alpha value is -1.27. The highest BCUT2D eigenvalue weighted by molar-refractivity contribution is 7.52. The lowest BCUT2D eigenvalue weighted by atomic mass is 9.91. The maximum atomic E-state index is 12.3. The zero-order chi connectivity index (χ0) is 19.3. The van der Waals surface area contributed by atoms with Gasteiger partial charge in [-0.3, -0.25) is 4.57 Å². The molecule has 142 valence electrons. The van der Waals surface area contributed by atoms with E-state index in [1.807, 2.05) is 81.1 Å². The van der Waals surface area contributed by atoms with Gasteiger partial charge in [-0.05, 0) is 31.5 Å². The Morgan fingerprint density at radius 1 is 0.885 bits per heavy atom. The van der Waals surface area contributed by atoms with Gasteiger partial charge in [0.2, 0.25) is 0 Å². The minimum Gasteiger partial charge on any atom is -0.394 e. The van der Waals surface area contributed by atoms with Gasteiger partial charge in [0.1, 0.15) is 0 Å². The lowest BCUT2D eigenvalue weighted by molar-refractivity contribution is 0.168. The van der Waals surface area contributed by atoms with Gasteiger partial charge in [-0.1, -0.05) is 60.7 Å². The summed E-state index contributed by atoms with van der Waals surface area (Å²) in [6, 6.07) is 18.8. The Morgan fingerprint density at radius 2 is 1.27 bits per heavy atom. The fraction of sp³-hybridized carbons (Fsp3) is 0.368. The molecule has 0 aliphatic carbocycles. The largest absolute Gasteiger partial charge is 0.394 e. The van der Waals surface area contributed by atoms with E-state index in [0.717, 1.165) is 11.1 Å². The quantitative estimate of drug-likeness (QED) is 0.499. The van der Waals surface area contributed by atoms with Gasteiger partial charge >= 0.3 is 16.2 Å².